The highest BCUT2D eigenvalue weighted by Crippen LogP contribution is 2.23. The van der Waals surface area contributed by atoms with Crippen molar-refractivity contribution in [1.82, 2.24) is 0 Å². The standard InChI is InChI=1S/C14H20N2O2/c1-11-4-3-5-12(10-11)16(2)13(17)14(15)6-8-18-9-7-14/h3-5,10H,6-9,15H2,1-2H3. The Bertz CT molecular complexity index is 439. The third-order valence-electron chi connectivity index (χ3n) is 3.50. The summed E-state index contributed by atoms with van der Waals surface area (Å²) in [6, 6.07) is 7.87. The fourth-order valence-corrected chi connectivity index (χ4v) is 2.24. The topological polar surface area (TPSA) is 55.6 Å². The zero-order chi connectivity index (χ0) is 13.2. The highest BCUT2D eigenvalue weighted by atomic mass is 16.5. The van der Waals surface area contributed by atoms with Gasteiger partial charge in [0.15, 0.2) is 0 Å². The Labute approximate surface area is 108 Å². The number of likely N-dealkylation sites (N-methyl/N-ethyl adjacent to an activating group) is 1. The Kier molecular flexibility index (Phi) is 3.68. The monoisotopic (exact) mass is 248 g/mol. The number of aryl methyl sites for hydroxylation is 1. The van der Waals surface area contributed by atoms with Crippen LogP contribution in [0.2, 0.25) is 0 Å². The Morgan fingerprint density at radius 2 is 2.06 bits per heavy atom. The molecule has 1 aromatic rings. The van der Waals surface area contributed by atoms with Gasteiger partial charge >= 0.3 is 0 Å². The molecule has 0 saturated carbocycles. The lowest BCUT2D eigenvalue weighted by Gasteiger charge is -2.35. The quantitative estimate of drug-likeness (QED) is 0.862. The van der Waals surface area contributed by atoms with Crippen LogP contribution in [-0.4, -0.2) is 31.7 Å². The van der Waals surface area contributed by atoms with Crippen molar-refractivity contribution in [3.05, 3.63) is 29.8 Å². The van der Waals surface area contributed by atoms with Crippen LogP contribution in [0.1, 0.15) is 18.4 Å². The maximum atomic E-state index is 12.5. The summed E-state index contributed by atoms with van der Waals surface area (Å²) in [4.78, 5) is 14.1. The van der Waals surface area contributed by atoms with Gasteiger partial charge in [-0.3, -0.25) is 4.79 Å². The summed E-state index contributed by atoms with van der Waals surface area (Å²) in [7, 11) is 1.78. The van der Waals surface area contributed by atoms with Crippen LogP contribution < -0.4 is 10.6 Å². The molecule has 1 fully saturated rings. The fourth-order valence-electron chi connectivity index (χ4n) is 2.24. The van der Waals surface area contributed by atoms with Gasteiger partial charge in [-0.05, 0) is 37.5 Å². The van der Waals surface area contributed by atoms with Crippen molar-refractivity contribution in [3.63, 3.8) is 0 Å². The smallest absolute Gasteiger partial charge is 0.246 e. The summed E-state index contributed by atoms with van der Waals surface area (Å²) in [5, 5.41) is 0. The normalized spacial score (nSPS) is 18.4. The first-order valence-electron chi connectivity index (χ1n) is 6.24. The van der Waals surface area contributed by atoms with Crippen LogP contribution in [-0.2, 0) is 9.53 Å². The molecular weight excluding hydrogens is 228 g/mol. The minimum atomic E-state index is -0.781. The van der Waals surface area contributed by atoms with E-state index in [2.05, 4.69) is 0 Å². The second-order valence-corrected chi connectivity index (χ2v) is 4.97. The van der Waals surface area contributed by atoms with E-state index < -0.39 is 5.54 Å². The van der Waals surface area contributed by atoms with Crippen LogP contribution in [0.4, 0.5) is 5.69 Å². The predicted molar refractivity (Wildman–Crippen MR) is 71.6 cm³/mol. The van der Waals surface area contributed by atoms with Gasteiger partial charge in [0.2, 0.25) is 5.91 Å². The van der Waals surface area contributed by atoms with Crippen molar-refractivity contribution in [2.75, 3.05) is 25.2 Å². The molecule has 4 heteroatoms. The zero-order valence-corrected chi connectivity index (χ0v) is 11.0. The minimum Gasteiger partial charge on any atom is -0.381 e. The third-order valence-corrected chi connectivity index (χ3v) is 3.50. The van der Waals surface area contributed by atoms with E-state index in [0.29, 0.717) is 26.1 Å². The van der Waals surface area contributed by atoms with Gasteiger partial charge in [-0.1, -0.05) is 12.1 Å². The van der Waals surface area contributed by atoms with Gasteiger partial charge in [0.25, 0.3) is 0 Å². The number of anilines is 1. The van der Waals surface area contributed by atoms with E-state index in [1.165, 1.54) is 0 Å². The molecule has 1 aliphatic rings. The Hall–Kier alpha value is -1.39. The molecule has 2 rings (SSSR count). The molecule has 0 aromatic heterocycles. The number of ether oxygens (including phenoxy) is 1. The van der Waals surface area contributed by atoms with E-state index in [0.717, 1.165) is 11.3 Å². The molecule has 1 heterocycles. The lowest BCUT2D eigenvalue weighted by molar-refractivity contribution is -0.126. The zero-order valence-electron chi connectivity index (χ0n) is 11.0. The molecule has 0 bridgehead atoms. The first-order chi connectivity index (χ1) is 8.53. The highest BCUT2D eigenvalue weighted by molar-refractivity contribution is 5.99. The molecular formula is C14H20N2O2. The van der Waals surface area contributed by atoms with Crippen LogP contribution in [0.5, 0.6) is 0 Å². The SMILES string of the molecule is Cc1cccc(N(C)C(=O)C2(N)CCOCC2)c1. The van der Waals surface area contributed by atoms with Crippen LogP contribution >= 0.6 is 0 Å². The molecule has 18 heavy (non-hydrogen) atoms. The van der Waals surface area contributed by atoms with E-state index in [1.807, 2.05) is 31.2 Å². The Balaban J connectivity index is 2.17. The molecule has 1 aliphatic heterocycles. The number of carbonyl (C=O) groups is 1. The molecule has 0 aliphatic carbocycles. The fraction of sp³-hybridized carbons (Fsp3) is 0.500. The molecule has 1 aromatic carbocycles. The van der Waals surface area contributed by atoms with E-state index >= 15 is 0 Å². The van der Waals surface area contributed by atoms with Crippen molar-refractivity contribution < 1.29 is 9.53 Å². The van der Waals surface area contributed by atoms with Crippen molar-refractivity contribution in [1.29, 1.82) is 0 Å². The Morgan fingerprint density at radius 3 is 2.67 bits per heavy atom. The lowest BCUT2D eigenvalue weighted by Crippen LogP contribution is -2.57. The number of hydrogen-bond donors (Lipinski definition) is 1. The maximum absolute atomic E-state index is 12.5. The number of benzene rings is 1. The van der Waals surface area contributed by atoms with Crippen LogP contribution in [0.15, 0.2) is 24.3 Å². The van der Waals surface area contributed by atoms with Gasteiger partial charge in [0.05, 0.1) is 0 Å². The lowest BCUT2D eigenvalue weighted by atomic mass is 9.89. The van der Waals surface area contributed by atoms with Gasteiger partial charge in [0.1, 0.15) is 5.54 Å². The summed E-state index contributed by atoms with van der Waals surface area (Å²) < 4.78 is 5.27. The first-order valence-corrected chi connectivity index (χ1v) is 6.24. The van der Waals surface area contributed by atoms with Crippen LogP contribution in [0.3, 0.4) is 0 Å². The first kappa shape index (κ1) is 13.1. The van der Waals surface area contributed by atoms with Gasteiger partial charge in [-0.15, -0.1) is 0 Å². The van der Waals surface area contributed by atoms with E-state index in [-0.39, 0.29) is 5.91 Å². The van der Waals surface area contributed by atoms with Gasteiger partial charge in [-0.2, -0.15) is 0 Å². The molecule has 0 unspecified atom stereocenters. The number of nitrogens with zero attached hydrogens (tertiary/aromatic N) is 1. The molecule has 0 atom stereocenters. The van der Waals surface area contributed by atoms with Gasteiger partial charge < -0.3 is 15.4 Å². The van der Waals surface area contributed by atoms with Crippen molar-refractivity contribution in [3.8, 4) is 0 Å². The number of hydrogen-bond acceptors (Lipinski definition) is 3. The summed E-state index contributed by atoms with van der Waals surface area (Å²) in [6.45, 7) is 3.13. The van der Waals surface area contributed by atoms with E-state index in [1.54, 1.807) is 11.9 Å². The highest BCUT2D eigenvalue weighted by Gasteiger charge is 2.38. The maximum Gasteiger partial charge on any atom is 0.246 e. The molecule has 1 amide bonds. The van der Waals surface area contributed by atoms with Crippen LogP contribution in [0.25, 0.3) is 0 Å². The number of amides is 1. The molecule has 2 N–H and O–H groups in total. The third kappa shape index (κ3) is 2.54. The average molecular weight is 248 g/mol. The van der Waals surface area contributed by atoms with Crippen molar-refractivity contribution >= 4 is 11.6 Å². The van der Waals surface area contributed by atoms with E-state index in [4.69, 9.17) is 10.5 Å². The predicted octanol–water partition coefficient (Wildman–Crippen LogP) is 1.47. The molecule has 98 valence electrons. The van der Waals surface area contributed by atoms with Gasteiger partial charge in [0, 0.05) is 25.9 Å². The second-order valence-electron chi connectivity index (χ2n) is 4.97. The number of carbonyl (C=O) groups excluding carboxylic acids is 1. The minimum absolute atomic E-state index is 0.0311. The Morgan fingerprint density at radius 1 is 1.39 bits per heavy atom. The molecule has 4 nitrogen and oxygen atoms in total. The average Bonchev–Trinajstić information content (AvgIpc) is 2.38. The summed E-state index contributed by atoms with van der Waals surface area (Å²) >= 11 is 0. The second kappa shape index (κ2) is 5.08. The van der Waals surface area contributed by atoms with Crippen molar-refractivity contribution in [2.24, 2.45) is 5.73 Å². The largest absolute Gasteiger partial charge is 0.381 e. The molecule has 0 spiro atoms. The van der Waals surface area contributed by atoms with E-state index in [9.17, 15) is 4.79 Å². The van der Waals surface area contributed by atoms with Crippen LogP contribution in [0, 0.1) is 6.92 Å². The number of nitrogens with two attached hydrogens (primary N) is 1. The molecule has 1 saturated heterocycles. The number of rotatable bonds is 2. The van der Waals surface area contributed by atoms with Gasteiger partial charge in [-0.25, -0.2) is 0 Å². The summed E-state index contributed by atoms with van der Waals surface area (Å²) in [5.74, 6) is -0.0311. The summed E-state index contributed by atoms with van der Waals surface area (Å²) in [5.41, 5.74) is 7.44. The van der Waals surface area contributed by atoms with Crippen molar-refractivity contribution in [2.45, 2.75) is 25.3 Å². The molecule has 0 radical (unpaired) electrons. The summed E-state index contributed by atoms with van der Waals surface area (Å²) in [6.07, 6.45) is 1.17.